The molecule has 0 amide bonds. The third-order valence-electron chi connectivity index (χ3n) is 3.29. The third-order valence-corrected chi connectivity index (χ3v) is 5.18. The normalized spacial score (nSPS) is 20.2. The number of ether oxygens (including phenoxy) is 3. The van der Waals surface area contributed by atoms with Gasteiger partial charge in [0.2, 0.25) is 10.0 Å². The number of hydrogen-bond donors (Lipinski definition) is 1. The van der Waals surface area contributed by atoms with Gasteiger partial charge in [0, 0.05) is 19.2 Å². The summed E-state index contributed by atoms with van der Waals surface area (Å²) in [7, 11) is -0.863. The van der Waals surface area contributed by atoms with E-state index in [-0.39, 0.29) is 36.9 Å². The Morgan fingerprint density at radius 1 is 1.38 bits per heavy atom. The molecule has 1 atom stereocenters. The first-order chi connectivity index (χ1) is 10.0. The Morgan fingerprint density at radius 3 is 2.76 bits per heavy atom. The van der Waals surface area contributed by atoms with Crippen LogP contribution >= 0.6 is 0 Å². The monoisotopic (exact) mass is 317 g/mol. The molecule has 1 aliphatic rings. The second-order valence-electron chi connectivity index (χ2n) is 4.56. The lowest BCUT2D eigenvalue weighted by molar-refractivity contribution is -0.0304. The second kappa shape index (κ2) is 6.61. The van der Waals surface area contributed by atoms with Crippen molar-refractivity contribution in [2.75, 3.05) is 40.5 Å². The van der Waals surface area contributed by atoms with Crippen molar-refractivity contribution in [3.05, 3.63) is 18.2 Å². The molecule has 1 unspecified atom stereocenters. The van der Waals surface area contributed by atoms with Gasteiger partial charge in [-0.1, -0.05) is 0 Å². The predicted molar refractivity (Wildman–Crippen MR) is 75.1 cm³/mol. The van der Waals surface area contributed by atoms with E-state index in [9.17, 15) is 8.42 Å². The average Bonchev–Trinajstić information content (AvgIpc) is 2.54. The lowest BCUT2D eigenvalue weighted by Crippen LogP contribution is -2.46. The minimum Gasteiger partial charge on any atom is -0.497 e. The zero-order chi connectivity index (χ0) is 15.5. The Labute approximate surface area is 124 Å². The summed E-state index contributed by atoms with van der Waals surface area (Å²) in [6.07, 6.45) is -0.509. The minimum atomic E-state index is -3.74. The Kier molecular flexibility index (Phi) is 5.04. The van der Waals surface area contributed by atoms with Crippen molar-refractivity contribution in [1.29, 1.82) is 0 Å². The smallest absolute Gasteiger partial charge is 0.247 e. The van der Waals surface area contributed by atoms with Gasteiger partial charge in [0.15, 0.2) is 0 Å². The maximum absolute atomic E-state index is 12.7. The molecule has 118 valence electrons. The van der Waals surface area contributed by atoms with Crippen LogP contribution in [0.25, 0.3) is 0 Å². The molecule has 1 aromatic carbocycles. The maximum atomic E-state index is 12.7. The van der Waals surface area contributed by atoms with Crippen molar-refractivity contribution in [2.24, 2.45) is 0 Å². The number of nitrogens with zero attached hydrogens (tertiary/aromatic N) is 1. The van der Waals surface area contributed by atoms with E-state index in [4.69, 9.17) is 19.3 Å². The highest BCUT2D eigenvalue weighted by Gasteiger charge is 2.32. The first-order valence-electron chi connectivity index (χ1n) is 6.47. The van der Waals surface area contributed by atoms with Crippen LogP contribution in [0.1, 0.15) is 0 Å². The first kappa shape index (κ1) is 16.0. The van der Waals surface area contributed by atoms with Crippen molar-refractivity contribution >= 4 is 10.0 Å². The molecule has 7 nitrogen and oxygen atoms in total. The van der Waals surface area contributed by atoms with Crippen molar-refractivity contribution in [3.63, 3.8) is 0 Å². The van der Waals surface area contributed by atoms with Gasteiger partial charge >= 0.3 is 0 Å². The second-order valence-corrected chi connectivity index (χ2v) is 6.46. The van der Waals surface area contributed by atoms with Crippen LogP contribution in [0.15, 0.2) is 23.1 Å². The zero-order valence-electron chi connectivity index (χ0n) is 12.0. The van der Waals surface area contributed by atoms with Gasteiger partial charge in [0.05, 0.1) is 33.5 Å². The van der Waals surface area contributed by atoms with E-state index in [1.807, 2.05) is 0 Å². The Hall–Kier alpha value is -1.35. The van der Waals surface area contributed by atoms with Gasteiger partial charge in [0.1, 0.15) is 16.4 Å². The molecule has 1 N–H and O–H groups in total. The molecule has 0 spiro atoms. The molecule has 2 rings (SSSR count). The fourth-order valence-corrected chi connectivity index (χ4v) is 3.77. The Morgan fingerprint density at radius 2 is 2.14 bits per heavy atom. The van der Waals surface area contributed by atoms with Crippen LogP contribution in [0.2, 0.25) is 0 Å². The van der Waals surface area contributed by atoms with E-state index in [0.717, 1.165) is 0 Å². The fraction of sp³-hybridized carbons (Fsp3) is 0.538. The molecule has 1 saturated heterocycles. The summed E-state index contributed by atoms with van der Waals surface area (Å²) in [6.45, 7) is 0.371. The van der Waals surface area contributed by atoms with Crippen molar-refractivity contribution in [1.82, 2.24) is 4.31 Å². The molecule has 21 heavy (non-hydrogen) atoms. The van der Waals surface area contributed by atoms with Crippen LogP contribution in [0, 0.1) is 0 Å². The fourth-order valence-electron chi connectivity index (χ4n) is 2.15. The minimum absolute atomic E-state index is 0.0444. The largest absolute Gasteiger partial charge is 0.497 e. The number of sulfonamides is 1. The van der Waals surface area contributed by atoms with Crippen LogP contribution in [-0.2, 0) is 14.8 Å². The number of morpholine rings is 1. The summed E-state index contributed by atoms with van der Waals surface area (Å²) < 4.78 is 42.3. The molecule has 0 saturated carbocycles. The summed E-state index contributed by atoms with van der Waals surface area (Å²) in [6, 6.07) is 4.61. The topological polar surface area (TPSA) is 85.3 Å². The van der Waals surface area contributed by atoms with Crippen molar-refractivity contribution < 1.29 is 27.7 Å². The molecule has 1 aliphatic heterocycles. The number of aliphatic hydroxyl groups excluding tert-OH is 1. The third kappa shape index (κ3) is 3.29. The van der Waals surface area contributed by atoms with Gasteiger partial charge in [-0.2, -0.15) is 4.31 Å². The predicted octanol–water partition coefficient (Wildman–Crippen LogP) is 0.0856. The molecule has 0 bridgehead atoms. The number of hydrogen-bond acceptors (Lipinski definition) is 6. The number of aliphatic hydroxyl groups is 1. The van der Waals surface area contributed by atoms with Crippen molar-refractivity contribution in [3.8, 4) is 11.5 Å². The quantitative estimate of drug-likeness (QED) is 0.828. The lowest BCUT2D eigenvalue weighted by atomic mass is 10.3. The maximum Gasteiger partial charge on any atom is 0.247 e. The number of methoxy groups -OCH3 is 2. The van der Waals surface area contributed by atoms with Crippen LogP contribution in [0.4, 0.5) is 0 Å². The van der Waals surface area contributed by atoms with E-state index >= 15 is 0 Å². The molecule has 1 heterocycles. The van der Waals surface area contributed by atoms with Gasteiger partial charge in [0.25, 0.3) is 0 Å². The number of benzene rings is 1. The van der Waals surface area contributed by atoms with Crippen LogP contribution in [0.5, 0.6) is 11.5 Å². The molecule has 1 fully saturated rings. The molecular formula is C13H19NO6S. The molecule has 0 radical (unpaired) electrons. The van der Waals surface area contributed by atoms with Gasteiger partial charge in [-0.15, -0.1) is 0 Å². The SMILES string of the molecule is COc1ccc(OC)c(S(=O)(=O)N2CCOC(CO)C2)c1. The molecule has 1 aromatic rings. The van der Waals surface area contributed by atoms with Gasteiger partial charge < -0.3 is 19.3 Å². The molecular weight excluding hydrogens is 298 g/mol. The van der Waals surface area contributed by atoms with E-state index < -0.39 is 16.1 Å². The van der Waals surface area contributed by atoms with Crippen LogP contribution < -0.4 is 9.47 Å². The summed E-state index contributed by atoms with van der Waals surface area (Å²) in [4.78, 5) is 0.0444. The molecule has 0 aromatic heterocycles. The number of rotatable bonds is 5. The standard InChI is InChI=1S/C13H19NO6S/c1-18-10-3-4-12(19-2)13(7-10)21(16,17)14-5-6-20-11(8-14)9-15/h3-4,7,11,15H,5-6,8-9H2,1-2H3. The summed E-state index contributed by atoms with van der Waals surface area (Å²) in [5.74, 6) is 0.684. The highest BCUT2D eigenvalue weighted by atomic mass is 32.2. The zero-order valence-corrected chi connectivity index (χ0v) is 12.8. The van der Waals surface area contributed by atoms with E-state index in [0.29, 0.717) is 5.75 Å². The van der Waals surface area contributed by atoms with Crippen LogP contribution in [0.3, 0.4) is 0 Å². The van der Waals surface area contributed by atoms with E-state index in [2.05, 4.69) is 0 Å². The van der Waals surface area contributed by atoms with E-state index in [1.165, 1.54) is 24.6 Å². The lowest BCUT2D eigenvalue weighted by Gasteiger charge is -2.31. The molecule has 8 heteroatoms. The van der Waals surface area contributed by atoms with E-state index in [1.54, 1.807) is 12.1 Å². The highest BCUT2D eigenvalue weighted by molar-refractivity contribution is 7.89. The highest BCUT2D eigenvalue weighted by Crippen LogP contribution is 2.31. The Balaban J connectivity index is 2.38. The Bertz CT molecular complexity index is 588. The first-order valence-corrected chi connectivity index (χ1v) is 7.91. The van der Waals surface area contributed by atoms with Gasteiger partial charge in [-0.05, 0) is 12.1 Å². The summed E-state index contributed by atoms with van der Waals surface area (Å²) in [5.41, 5.74) is 0. The van der Waals surface area contributed by atoms with Gasteiger partial charge in [-0.3, -0.25) is 0 Å². The summed E-state index contributed by atoms with van der Waals surface area (Å²) in [5, 5.41) is 9.14. The van der Waals surface area contributed by atoms with Crippen molar-refractivity contribution in [2.45, 2.75) is 11.0 Å². The average molecular weight is 317 g/mol. The van der Waals surface area contributed by atoms with Crippen LogP contribution in [-0.4, -0.2) is 64.5 Å². The van der Waals surface area contributed by atoms with Gasteiger partial charge in [-0.25, -0.2) is 8.42 Å². The summed E-state index contributed by atoms with van der Waals surface area (Å²) >= 11 is 0. The molecule has 0 aliphatic carbocycles.